The number of piperazine rings is 1. The lowest BCUT2D eigenvalue weighted by molar-refractivity contribution is 0.102. The number of hydrogen-bond acceptors (Lipinski definition) is 5. The number of rotatable bonds is 3. The number of nitrogens with zero attached hydrogens (tertiary/aromatic N) is 4. The molecule has 1 saturated heterocycles. The van der Waals surface area contributed by atoms with Crippen molar-refractivity contribution in [1.82, 2.24) is 30.0 Å². The van der Waals surface area contributed by atoms with Crippen LogP contribution in [-0.4, -0.2) is 59.6 Å². The van der Waals surface area contributed by atoms with Crippen LogP contribution in [0.3, 0.4) is 0 Å². The molecule has 2 aliphatic rings. The van der Waals surface area contributed by atoms with Gasteiger partial charge in [-0.1, -0.05) is 0 Å². The van der Waals surface area contributed by atoms with Gasteiger partial charge in [-0.3, -0.25) is 9.47 Å². The summed E-state index contributed by atoms with van der Waals surface area (Å²) in [6, 6.07) is 0. The molecule has 2 aliphatic heterocycles. The van der Waals surface area contributed by atoms with Gasteiger partial charge in [0, 0.05) is 45.1 Å². The molecule has 0 bridgehead atoms. The second-order valence-corrected chi connectivity index (χ2v) is 5.40. The summed E-state index contributed by atoms with van der Waals surface area (Å²) in [5.41, 5.74) is 1.12. The van der Waals surface area contributed by atoms with Gasteiger partial charge < -0.3 is 15.5 Å². The van der Waals surface area contributed by atoms with Gasteiger partial charge in [-0.25, -0.2) is 4.98 Å². The Balaban J connectivity index is 1.82. The van der Waals surface area contributed by atoms with E-state index in [9.17, 15) is 0 Å². The largest absolute Gasteiger partial charge is 0.359 e. The summed E-state index contributed by atoms with van der Waals surface area (Å²) in [6.07, 6.45) is 6.41. The molecule has 1 aromatic heterocycles. The third-order valence-corrected chi connectivity index (χ3v) is 3.53. The van der Waals surface area contributed by atoms with Gasteiger partial charge in [0.2, 0.25) is 0 Å². The third kappa shape index (κ3) is 2.65. The molecular formula is C13H22N6. The van der Waals surface area contributed by atoms with Crippen LogP contribution in [-0.2, 0) is 6.54 Å². The first kappa shape index (κ1) is 12.7. The summed E-state index contributed by atoms with van der Waals surface area (Å²) in [7, 11) is 4.14. The molecule has 6 heteroatoms. The zero-order valence-electron chi connectivity index (χ0n) is 11.6. The number of fused-ring (bicyclic) bond motifs is 1. The maximum Gasteiger partial charge on any atom is 0.162 e. The number of nitrogens with one attached hydrogen (secondary N) is 2. The van der Waals surface area contributed by atoms with E-state index in [1.54, 1.807) is 0 Å². The predicted octanol–water partition coefficient (Wildman–Crippen LogP) is -0.120. The fraction of sp³-hybridized carbons (Fsp3) is 0.615. The maximum absolute atomic E-state index is 4.69. The van der Waals surface area contributed by atoms with Crippen LogP contribution in [0.2, 0.25) is 0 Å². The Hall–Kier alpha value is -1.37. The monoisotopic (exact) mass is 262 g/mol. The van der Waals surface area contributed by atoms with Gasteiger partial charge in [0.1, 0.15) is 5.82 Å². The Labute approximate surface area is 114 Å². The lowest BCUT2D eigenvalue weighted by Crippen LogP contribution is -2.50. The molecule has 0 amide bonds. The molecule has 2 N–H and O–H groups in total. The first-order valence-electron chi connectivity index (χ1n) is 6.84. The Morgan fingerprint density at radius 2 is 2.16 bits per heavy atom. The quantitative estimate of drug-likeness (QED) is 0.795. The summed E-state index contributed by atoms with van der Waals surface area (Å²) in [6.45, 7) is 5.10. The zero-order chi connectivity index (χ0) is 13.2. The predicted molar refractivity (Wildman–Crippen MR) is 75.3 cm³/mol. The second kappa shape index (κ2) is 5.32. The van der Waals surface area contributed by atoms with Crippen molar-refractivity contribution in [2.45, 2.75) is 12.8 Å². The molecule has 104 valence electrons. The van der Waals surface area contributed by atoms with Crippen LogP contribution in [0, 0.1) is 0 Å². The topological polar surface area (TPSA) is 48.4 Å². The highest BCUT2D eigenvalue weighted by Gasteiger charge is 2.25. The number of aromatic nitrogens is 2. The van der Waals surface area contributed by atoms with Gasteiger partial charge in [0.15, 0.2) is 6.29 Å². The van der Waals surface area contributed by atoms with E-state index in [1.807, 2.05) is 12.3 Å². The number of imidazole rings is 1. The summed E-state index contributed by atoms with van der Waals surface area (Å²) < 4.78 is 2.24. The van der Waals surface area contributed by atoms with Crippen LogP contribution in [0.5, 0.6) is 0 Å². The third-order valence-electron chi connectivity index (χ3n) is 3.53. The molecule has 0 aliphatic carbocycles. The fourth-order valence-corrected chi connectivity index (χ4v) is 2.68. The standard InChI is InChI=1S/C13H22N6/c1-17(2)9-11-10-19-12(16-11)3-4-15-13(19)18-7-5-14-6-8-18/h3-4,10,13-15H,5-9H2,1-2H3. The van der Waals surface area contributed by atoms with Gasteiger partial charge in [0.25, 0.3) is 0 Å². The molecule has 0 saturated carbocycles. The molecule has 1 unspecified atom stereocenters. The van der Waals surface area contributed by atoms with E-state index in [2.05, 4.69) is 50.3 Å². The van der Waals surface area contributed by atoms with Crippen molar-refractivity contribution in [2.75, 3.05) is 40.3 Å². The molecule has 1 atom stereocenters. The van der Waals surface area contributed by atoms with Gasteiger partial charge in [-0.15, -0.1) is 0 Å². The average molecular weight is 262 g/mol. The van der Waals surface area contributed by atoms with E-state index < -0.39 is 0 Å². The molecule has 3 heterocycles. The average Bonchev–Trinajstić information content (AvgIpc) is 2.80. The maximum atomic E-state index is 4.69. The van der Waals surface area contributed by atoms with Gasteiger partial charge >= 0.3 is 0 Å². The van der Waals surface area contributed by atoms with Crippen LogP contribution in [0.1, 0.15) is 17.8 Å². The van der Waals surface area contributed by atoms with Crippen LogP contribution < -0.4 is 10.6 Å². The van der Waals surface area contributed by atoms with E-state index in [-0.39, 0.29) is 6.29 Å². The number of hydrogen-bond donors (Lipinski definition) is 2. The fourth-order valence-electron chi connectivity index (χ4n) is 2.68. The minimum atomic E-state index is 0.200. The van der Waals surface area contributed by atoms with Crippen LogP contribution in [0.4, 0.5) is 0 Å². The van der Waals surface area contributed by atoms with E-state index in [1.165, 1.54) is 0 Å². The van der Waals surface area contributed by atoms with Crippen LogP contribution >= 0.6 is 0 Å². The smallest absolute Gasteiger partial charge is 0.162 e. The Morgan fingerprint density at radius 1 is 1.37 bits per heavy atom. The zero-order valence-corrected chi connectivity index (χ0v) is 11.6. The highest BCUT2D eigenvalue weighted by atomic mass is 15.4. The summed E-state index contributed by atoms with van der Waals surface area (Å²) in [5.74, 6) is 1.04. The molecule has 1 fully saturated rings. The van der Waals surface area contributed by atoms with E-state index in [0.29, 0.717) is 0 Å². The molecule has 3 rings (SSSR count). The highest BCUT2D eigenvalue weighted by Crippen LogP contribution is 2.20. The van der Waals surface area contributed by atoms with E-state index in [0.717, 1.165) is 44.2 Å². The van der Waals surface area contributed by atoms with Crippen LogP contribution in [0.15, 0.2) is 12.4 Å². The first-order chi connectivity index (χ1) is 9.24. The molecule has 6 nitrogen and oxygen atoms in total. The van der Waals surface area contributed by atoms with Crippen molar-refractivity contribution in [1.29, 1.82) is 0 Å². The molecule has 19 heavy (non-hydrogen) atoms. The lowest BCUT2D eigenvalue weighted by atomic mass is 10.3. The van der Waals surface area contributed by atoms with Crippen molar-refractivity contribution < 1.29 is 0 Å². The Morgan fingerprint density at radius 3 is 2.89 bits per heavy atom. The van der Waals surface area contributed by atoms with Crippen LogP contribution in [0.25, 0.3) is 6.08 Å². The van der Waals surface area contributed by atoms with Gasteiger partial charge in [-0.2, -0.15) is 0 Å². The lowest BCUT2D eigenvalue weighted by Gasteiger charge is -2.37. The van der Waals surface area contributed by atoms with E-state index >= 15 is 0 Å². The van der Waals surface area contributed by atoms with Crippen molar-refractivity contribution in [3.63, 3.8) is 0 Å². The molecule has 1 aromatic rings. The minimum absolute atomic E-state index is 0.200. The summed E-state index contributed by atoms with van der Waals surface area (Å²) in [5, 5.41) is 6.83. The van der Waals surface area contributed by atoms with E-state index in [4.69, 9.17) is 0 Å². The SMILES string of the molecule is CN(C)Cc1cn2c(n1)C=CNC2N1CCNCC1. The molecular weight excluding hydrogens is 240 g/mol. The summed E-state index contributed by atoms with van der Waals surface area (Å²) in [4.78, 5) is 9.28. The second-order valence-electron chi connectivity index (χ2n) is 5.40. The molecule has 0 aromatic carbocycles. The van der Waals surface area contributed by atoms with Crippen molar-refractivity contribution in [2.24, 2.45) is 0 Å². The highest BCUT2D eigenvalue weighted by molar-refractivity contribution is 5.43. The summed E-state index contributed by atoms with van der Waals surface area (Å²) >= 11 is 0. The first-order valence-corrected chi connectivity index (χ1v) is 6.84. The van der Waals surface area contributed by atoms with Gasteiger partial charge in [0.05, 0.1) is 5.69 Å². The van der Waals surface area contributed by atoms with Crippen molar-refractivity contribution >= 4 is 6.08 Å². The minimum Gasteiger partial charge on any atom is -0.359 e. The van der Waals surface area contributed by atoms with Gasteiger partial charge in [-0.05, 0) is 20.2 Å². The normalized spacial score (nSPS) is 23.4. The molecule has 0 spiro atoms. The molecule has 0 radical (unpaired) electrons. The Bertz CT molecular complexity index is 458. The van der Waals surface area contributed by atoms with Crippen molar-refractivity contribution in [3.05, 3.63) is 23.9 Å². The Kier molecular flexibility index (Phi) is 3.54. The van der Waals surface area contributed by atoms with Crippen molar-refractivity contribution in [3.8, 4) is 0 Å².